The highest BCUT2D eigenvalue weighted by molar-refractivity contribution is 5.95. The van der Waals surface area contributed by atoms with Gasteiger partial charge < -0.3 is 19.3 Å². The van der Waals surface area contributed by atoms with Crippen LogP contribution in [-0.2, 0) is 36.5 Å². The van der Waals surface area contributed by atoms with Crippen LogP contribution in [0, 0.1) is 11.6 Å². The second-order valence-corrected chi connectivity index (χ2v) is 28.0. The topological polar surface area (TPSA) is 24.9 Å². The lowest BCUT2D eigenvalue weighted by Gasteiger charge is -2.35. The van der Waals surface area contributed by atoms with E-state index in [1.165, 1.54) is 56.3 Å². The average molecular weight is 1340 g/mol. The summed E-state index contributed by atoms with van der Waals surface area (Å²) in [6.07, 6.45) is 4.39. The number of nitrogens with zero attached hydrogens (tertiary/aromatic N) is 2. The largest absolute Gasteiger partial charge is 0.457 e. The van der Waals surface area contributed by atoms with E-state index >= 15 is 8.78 Å². The zero-order valence-corrected chi connectivity index (χ0v) is 56.8. The van der Waals surface area contributed by atoms with Crippen molar-refractivity contribution < 1.29 is 18.3 Å². The first-order valence-corrected chi connectivity index (χ1v) is 35.9. The Hall–Kier alpha value is -12.9. The molecule has 494 valence electrons. The molecule has 0 aliphatic heterocycles. The molecular formula is C98H66F2N2O2. The molecule has 0 saturated carbocycles. The smallest absolute Gasteiger partial charge is 0.127 e. The number of halogens is 2. The Morgan fingerprint density at radius 2 is 0.587 bits per heavy atom. The molecule has 20 rings (SSSR count). The minimum absolute atomic E-state index is 0.331. The highest BCUT2D eigenvalue weighted by atomic mass is 19.1. The lowest BCUT2D eigenvalue weighted by Crippen LogP contribution is -2.28. The second-order valence-electron chi connectivity index (χ2n) is 28.0. The van der Waals surface area contributed by atoms with Gasteiger partial charge in [-0.25, -0.2) is 8.78 Å². The fourth-order valence-corrected chi connectivity index (χ4v) is 17.3. The van der Waals surface area contributed by atoms with Gasteiger partial charge in [0, 0.05) is 34.1 Å². The molecule has 0 fully saturated rings. The zero-order chi connectivity index (χ0) is 69.0. The molecule has 6 heteroatoms. The lowest BCUT2D eigenvalue weighted by molar-refractivity contribution is 0.480. The Labute approximate surface area is 603 Å². The van der Waals surface area contributed by atoms with Crippen molar-refractivity contribution in [2.75, 3.05) is 9.80 Å². The molecule has 2 unspecified atom stereocenters. The van der Waals surface area contributed by atoms with Crippen molar-refractivity contribution in [1.29, 1.82) is 0 Å². The van der Waals surface area contributed by atoms with Gasteiger partial charge in [0.25, 0.3) is 0 Å². The van der Waals surface area contributed by atoms with Gasteiger partial charge in [-0.05, 0) is 293 Å². The minimum Gasteiger partial charge on any atom is -0.457 e. The summed E-state index contributed by atoms with van der Waals surface area (Å²) in [5.41, 5.74) is 24.5. The number of fused-ring (bicyclic) bond motifs is 10. The third kappa shape index (κ3) is 9.99. The van der Waals surface area contributed by atoms with Gasteiger partial charge >= 0.3 is 0 Å². The van der Waals surface area contributed by atoms with Crippen LogP contribution in [0.1, 0.15) is 66.8 Å². The minimum atomic E-state index is -0.769. The van der Waals surface area contributed by atoms with Crippen LogP contribution < -0.4 is 19.3 Å². The van der Waals surface area contributed by atoms with Gasteiger partial charge in [-0.2, -0.15) is 0 Å². The maximum atomic E-state index is 15.8. The predicted octanol–water partition coefficient (Wildman–Crippen LogP) is 25.4. The van der Waals surface area contributed by atoms with E-state index in [0.717, 1.165) is 149 Å². The van der Waals surface area contributed by atoms with Crippen LogP contribution in [0.2, 0.25) is 0 Å². The molecule has 0 heterocycles. The molecule has 0 radical (unpaired) electrons. The van der Waals surface area contributed by atoms with Crippen LogP contribution in [0.4, 0.5) is 42.9 Å². The number of anilines is 6. The molecule has 16 aromatic carbocycles. The summed E-state index contributed by atoms with van der Waals surface area (Å²) in [7, 11) is 0. The normalized spacial score (nSPS) is 15.5. The van der Waals surface area contributed by atoms with Crippen molar-refractivity contribution in [3.05, 3.63) is 430 Å². The van der Waals surface area contributed by atoms with E-state index in [-0.39, 0.29) is 11.6 Å². The molecule has 104 heavy (non-hydrogen) atoms. The zero-order valence-electron chi connectivity index (χ0n) is 56.8. The predicted molar refractivity (Wildman–Crippen MR) is 419 cm³/mol. The quantitative estimate of drug-likeness (QED) is 0.102. The summed E-state index contributed by atoms with van der Waals surface area (Å²) in [4.78, 5) is 4.32. The highest BCUT2D eigenvalue weighted by Gasteiger charge is 2.48. The molecule has 0 amide bonds. The van der Waals surface area contributed by atoms with E-state index in [2.05, 4.69) is 313 Å². The number of hydrogen-bond donors (Lipinski definition) is 0. The van der Waals surface area contributed by atoms with Crippen molar-refractivity contribution in [2.24, 2.45) is 0 Å². The number of aryl methyl sites for hydroxylation is 4. The van der Waals surface area contributed by atoms with Crippen molar-refractivity contribution in [2.45, 2.75) is 36.5 Å². The van der Waals surface area contributed by atoms with Crippen LogP contribution in [0.3, 0.4) is 0 Å². The van der Waals surface area contributed by atoms with Crippen molar-refractivity contribution in [3.8, 4) is 56.4 Å². The molecule has 0 N–H and O–H groups in total. The Morgan fingerprint density at radius 3 is 0.990 bits per heavy atom. The Kier molecular flexibility index (Phi) is 14.3. The summed E-state index contributed by atoms with van der Waals surface area (Å²) < 4.78 is 44.8. The van der Waals surface area contributed by atoms with Gasteiger partial charge in [0.05, 0.1) is 10.8 Å². The van der Waals surface area contributed by atoms with E-state index in [1.54, 1.807) is 24.3 Å². The van der Waals surface area contributed by atoms with Crippen molar-refractivity contribution in [1.82, 2.24) is 0 Å². The monoisotopic (exact) mass is 1340 g/mol. The highest BCUT2D eigenvalue weighted by Crippen LogP contribution is 2.60. The van der Waals surface area contributed by atoms with Gasteiger partial charge in [-0.15, -0.1) is 0 Å². The summed E-state index contributed by atoms with van der Waals surface area (Å²) in [5.74, 6) is 2.56. The van der Waals surface area contributed by atoms with Crippen LogP contribution in [-0.4, -0.2) is 0 Å². The molecule has 0 bridgehead atoms. The number of benzene rings is 16. The van der Waals surface area contributed by atoms with Crippen molar-refractivity contribution in [3.63, 3.8) is 0 Å². The summed E-state index contributed by atoms with van der Waals surface area (Å²) in [5, 5.41) is 4.63. The first-order valence-electron chi connectivity index (χ1n) is 35.9. The Balaban J connectivity index is 0.674. The molecule has 0 aromatic heterocycles. The Morgan fingerprint density at radius 1 is 0.231 bits per heavy atom. The molecule has 4 aliphatic carbocycles. The summed E-state index contributed by atoms with van der Waals surface area (Å²) >= 11 is 0. The van der Waals surface area contributed by atoms with E-state index < -0.39 is 10.8 Å². The number of hydrogen-bond acceptors (Lipinski definition) is 4. The second kappa shape index (κ2) is 24.4. The molecular weight excluding hydrogens is 1280 g/mol. The van der Waals surface area contributed by atoms with E-state index in [0.29, 0.717) is 11.4 Å². The van der Waals surface area contributed by atoms with E-state index in [9.17, 15) is 0 Å². The van der Waals surface area contributed by atoms with Gasteiger partial charge in [0.15, 0.2) is 0 Å². The maximum Gasteiger partial charge on any atom is 0.127 e. The fourth-order valence-electron chi connectivity index (χ4n) is 17.3. The van der Waals surface area contributed by atoms with E-state index in [1.807, 2.05) is 12.1 Å². The molecule has 16 aromatic rings. The summed E-state index contributed by atoms with van der Waals surface area (Å²) in [6, 6.07) is 123. The standard InChI is InChI=1S/C98H66F2N2O2/c99-77-15-9-17-81(59-77)101(83-45-53-91-89-19-5-7-21-93(89)97(95(91)61-83,75-35-27-63-11-1-3-13-69(63)55-75)73-37-49-85(50-38-73)103-87-47-33-67-23-25-71(67)57-87)79-41-29-65(30-42-79)66-31-43-80(44-32-66)102(82-18-10-16-78(100)60-82)84-46-54-92-90-20-6-8-22-94(90)98(96(92)62-84,76-36-28-64-12-2-4-14-70(64)56-76)74-39-51-86(52-40-74)104-88-48-34-68-24-26-72(68)58-88/h1-22,27-62H,23-26H2. The number of ether oxygens (including phenoxy) is 2. The first kappa shape index (κ1) is 61.0. The van der Waals surface area contributed by atoms with Crippen LogP contribution in [0.15, 0.2) is 352 Å². The van der Waals surface area contributed by atoms with Gasteiger partial charge in [0.2, 0.25) is 0 Å². The Bertz CT molecular complexity index is 5730. The molecule has 0 saturated heterocycles. The van der Waals surface area contributed by atoms with E-state index in [4.69, 9.17) is 9.47 Å². The third-order valence-electron chi connectivity index (χ3n) is 22.4. The maximum absolute atomic E-state index is 15.8. The van der Waals surface area contributed by atoms with Crippen LogP contribution in [0.5, 0.6) is 23.0 Å². The lowest BCUT2D eigenvalue weighted by atomic mass is 9.67. The molecule has 4 aliphatic rings. The molecule has 2 atom stereocenters. The summed E-state index contributed by atoms with van der Waals surface area (Å²) in [6.45, 7) is 0. The number of rotatable bonds is 15. The van der Waals surface area contributed by atoms with Gasteiger partial charge in [0.1, 0.15) is 34.6 Å². The van der Waals surface area contributed by atoms with Gasteiger partial charge in [-0.3, -0.25) is 0 Å². The van der Waals surface area contributed by atoms with Crippen molar-refractivity contribution >= 4 is 55.7 Å². The molecule has 0 spiro atoms. The first-order chi connectivity index (χ1) is 51.3. The SMILES string of the molecule is Fc1cccc(N(c2ccc(-c3ccc(N(c4cccc(F)c4)c4ccc5c(c4)C(c4ccc(Oc6ccc7c(c6)CC7)cc4)(c4ccc6ccccc6c4)c4ccccc4-5)cc3)cc2)c2ccc3c(c2)C(c2ccc(Oc4ccc5c(c4)CC5)cc2)(c2ccc4ccccc4c2)c2ccccc2-3)c1. The van der Waals surface area contributed by atoms with Crippen LogP contribution in [0.25, 0.3) is 54.9 Å². The fraction of sp³-hybridized carbons (Fsp3) is 0.0612. The average Bonchev–Trinajstić information content (AvgIpc) is 1.53. The van der Waals surface area contributed by atoms with Crippen LogP contribution >= 0.6 is 0 Å². The molecule has 4 nitrogen and oxygen atoms in total. The third-order valence-corrected chi connectivity index (χ3v) is 22.4. The van der Waals surface area contributed by atoms with Gasteiger partial charge in [-0.1, -0.05) is 206 Å².